The second-order valence-electron chi connectivity index (χ2n) is 3.54. The minimum absolute atomic E-state index is 0.130. The summed E-state index contributed by atoms with van der Waals surface area (Å²) in [7, 11) is 0. The first kappa shape index (κ1) is 15.5. The number of alkyl halides is 3. The molecule has 0 radical (unpaired) electrons. The Hall–Kier alpha value is -1.57. The van der Waals surface area contributed by atoms with Crippen molar-refractivity contribution in [2.75, 3.05) is 0 Å². The van der Waals surface area contributed by atoms with Crippen molar-refractivity contribution in [3.05, 3.63) is 33.8 Å². The molecule has 1 N–H and O–H groups in total. The van der Waals surface area contributed by atoms with Crippen LogP contribution in [0.3, 0.4) is 0 Å². The van der Waals surface area contributed by atoms with Gasteiger partial charge >= 0.3 is 18.1 Å². The molecule has 19 heavy (non-hydrogen) atoms. The van der Waals surface area contributed by atoms with Gasteiger partial charge in [-0.05, 0) is 12.1 Å². The molecule has 0 bridgehead atoms. The molecule has 0 aliphatic carbocycles. The summed E-state index contributed by atoms with van der Waals surface area (Å²) < 4.78 is 41.9. The number of hydrogen-bond acceptors (Lipinski definition) is 3. The Morgan fingerprint density at radius 3 is 2.42 bits per heavy atom. The highest BCUT2D eigenvalue weighted by Crippen LogP contribution is 2.32. The number of halogens is 4. The average molecular weight is 341 g/mol. The Balaban J connectivity index is 2.71. The van der Waals surface area contributed by atoms with Crippen LogP contribution in [-0.4, -0.2) is 17.0 Å². The fourth-order valence-corrected chi connectivity index (χ4v) is 1.67. The van der Waals surface area contributed by atoms with Crippen LogP contribution in [-0.2, 0) is 27.1 Å². The van der Waals surface area contributed by atoms with E-state index in [0.29, 0.717) is 5.56 Å². The van der Waals surface area contributed by atoms with E-state index in [0.717, 1.165) is 18.2 Å². The van der Waals surface area contributed by atoms with Gasteiger partial charge in [-0.15, -0.1) is 0 Å². The van der Waals surface area contributed by atoms with E-state index in [1.54, 1.807) is 0 Å². The number of benzene rings is 1. The van der Waals surface area contributed by atoms with Gasteiger partial charge in [-0.1, -0.05) is 22.0 Å². The summed E-state index contributed by atoms with van der Waals surface area (Å²) >= 11 is 2.93. The SMILES string of the molecule is O=C(O)CC(=O)OCc1ccc(C(F)(F)F)cc1Br. The van der Waals surface area contributed by atoms with Gasteiger partial charge in [0.2, 0.25) is 0 Å². The lowest BCUT2D eigenvalue weighted by Gasteiger charge is -2.10. The summed E-state index contributed by atoms with van der Waals surface area (Å²) in [5.41, 5.74) is -0.522. The number of carbonyl (C=O) groups excluding carboxylic acids is 1. The third-order valence-electron chi connectivity index (χ3n) is 2.06. The van der Waals surface area contributed by atoms with Gasteiger partial charge in [-0.25, -0.2) is 0 Å². The van der Waals surface area contributed by atoms with E-state index in [9.17, 15) is 22.8 Å². The Bertz CT molecular complexity index is 499. The summed E-state index contributed by atoms with van der Waals surface area (Å²) in [5, 5.41) is 8.33. The van der Waals surface area contributed by atoms with Gasteiger partial charge in [-0.2, -0.15) is 13.2 Å². The molecule has 0 aliphatic heterocycles. The third kappa shape index (κ3) is 4.90. The van der Waals surface area contributed by atoms with E-state index in [2.05, 4.69) is 20.7 Å². The van der Waals surface area contributed by atoms with Crippen LogP contribution >= 0.6 is 15.9 Å². The lowest BCUT2D eigenvalue weighted by Crippen LogP contribution is -2.11. The number of rotatable bonds is 4. The van der Waals surface area contributed by atoms with Crippen molar-refractivity contribution in [3.63, 3.8) is 0 Å². The van der Waals surface area contributed by atoms with E-state index >= 15 is 0 Å². The monoisotopic (exact) mass is 340 g/mol. The minimum Gasteiger partial charge on any atom is -0.481 e. The van der Waals surface area contributed by atoms with Gasteiger partial charge in [-0.3, -0.25) is 9.59 Å². The van der Waals surface area contributed by atoms with Crippen molar-refractivity contribution in [2.45, 2.75) is 19.2 Å². The van der Waals surface area contributed by atoms with E-state index in [4.69, 9.17) is 5.11 Å². The molecular weight excluding hydrogens is 333 g/mol. The lowest BCUT2D eigenvalue weighted by molar-refractivity contribution is -0.152. The van der Waals surface area contributed by atoms with Gasteiger partial charge in [0, 0.05) is 10.0 Å². The van der Waals surface area contributed by atoms with Gasteiger partial charge in [0.15, 0.2) is 0 Å². The fourth-order valence-electron chi connectivity index (χ4n) is 1.17. The number of carboxylic acid groups (broad SMARTS) is 1. The highest BCUT2D eigenvalue weighted by atomic mass is 79.9. The van der Waals surface area contributed by atoms with Gasteiger partial charge in [0.25, 0.3) is 0 Å². The van der Waals surface area contributed by atoms with Crippen LogP contribution in [0, 0.1) is 0 Å². The van der Waals surface area contributed by atoms with Crippen molar-refractivity contribution in [3.8, 4) is 0 Å². The molecule has 0 amide bonds. The van der Waals surface area contributed by atoms with E-state index in [1.165, 1.54) is 0 Å². The molecule has 1 aromatic rings. The van der Waals surface area contributed by atoms with Crippen LogP contribution in [0.15, 0.2) is 22.7 Å². The quantitative estimate of drug-likeness (QED) is 0.676. The van der Waals surface area contributed by atoms with Crippen LogP contribution in [0.4, 0.5) is 13.2 Å². The molecule has 0 fully saturated rings. The third-order valence-corrected chi connectivity index (χ3v) is 2.80. The van der Waals surface area contributed by atoms with Crippen LogP contribution in [0.1, 0.15) is 17.5 Å². The minimum atomic E-state index is -4.46. The highest BCUT2D eigenvalue weighted by Gasteiger charge is 2.30. The lowest BCUT2D eigenvalue weighted by atomic mass is 10.1. The van der Waals surface area contributed by atoms with Crippen molar-refractivity contribution >= 4 is 27.9 Å². The fraction of sp³-hybridized carbons (Fsp3) is 0.273. The normalized spacial score (nSPS) is 11.2. The van der Waals surface area contributed by atoms with Crippen molar-refractivity contribution < 1.29 is 32.6 Å². The van der Waals surface area contributed by atoms with Crippen molar-refractivity contribution in [2.24, 2.45) is 0 Å². The molecule has 0 spiro atoms. The molecular formula is C11H8BrF3O4. The molecule has 0 saturated carbocycles. The summed E-state index contributed by atoms with van der Waals surface area (Å²) in [4.78, 5) is 21.2. The molecule has 104 valence electrons. The molecule has 0 saturated heterocycles. The van der Waals surface area contributed by atoms with Gasteiger partial charge < -0.3 is 9.84 Å². The average Bonchev–Trinajstić information content (AvgIpc) is 2.25. The molecule has 0 heterocycles. The second-order valence-corrected chi connectivity index (χ2v) is 4.39. The van der Waals surface area contributed by atoms with Crippen molar-refractivity contribution in [1.29, 1.82) is 0 Å². The van der Waals surface area contributed by atoms with Crippen LogP contribution in [0.25, 0.3) is 0 Å². The van der Waals surface area contributed by atoms with E-state index < -0.39 is 30.1 Å². The maximum absolute atomic E-state index is 12.4. The van der Waals surface area contributed by atoms with Crippen molar-refractivity contribution in [1.82, 2.24) is 0 Å². The largest absolute Gasteiger partial charge is 0.481 e. The Kier molecular flexibility index (Phi) is 4.93. The second kappa shape index (κ2) is 6.05. The number of hydrogen-bond donors (Lipinski definition) is 1. The first-order valence-corrected chi connectivity index (χ1v) is 5.72. The van der Waals surface area contributed by atoms with E-state index in [-0.39, 0.29) is 11.1 Å². The Morgan fingerprint density at radius 2 is 1.95 bits per heavy atom. The van der Waals surface area contributed by atoms with Crippen LogP contribution in [0.2, 0.25) is 0 Å². The topological polar surface area (TPSA) is 63.6 Å². The molecule has 8 heteroatoms. The molecule has 0 unspecified atom stereocenters. The first-order valence-electron chi connectivity index (χ1n) is 4.93. The molecule has 0 aromatic heterocycles. The van der Waals surface area contributed by atoms with Gasteiger partial charge in [0.1, 0.15) is 13.0 Å². The molecule has 1 aromatic carbocycles. The zero-order valence-electron chi connectivity index (χ0n) is 9.33. The summed E-state index contributed by atoms with van der Waals surface area (Å²) in [6.45, 7) is -0.301. The predicted molar refractivity (Wildman–Crippen MR) is 61.2 cm³/mol. The maximum atomic E-state index is 12.4. The van der Waals surface area contributed by atoms with E-state index in [1.807, 2.05) is 0 Å². The molecule has 0 aliphatic rings. The number of aliphatic carboxylic acids is 1. The van der Waals surface area contributed by atoms with Crippen LogP contribution in [0.5, 0.6) is 0 Å². The molecule has 4 nitrogen and oxygen atoms in total. The standard InChI is InChI=1S/C11H8BrF3O4/c12-8-3-7(11(13,14)15)2-1-6(8)5-19-10(18)4-9(16)17/h1-3H,4-5H2,(H,16,17). The number of carbonyl (C=O) groups is 2. The summed E-state index contributed by atoms with van der Waals surface area (Å²) in [5.74, 6) is -2.30. The number of carboxylic acids is 1. The zero-order chi connectivity index (χ0) is 14.6. The van der Waals surface area contributed by atoms with Crippen LogP contribution < -0.4 is 0 Å². The number of ether oxygens (including phenoxy) is 1. The number of esters is 1. The van der Waals surface area contributed by atoms with Gasteiger partial charge in [0.05, 0.1) is 5.56 Å². The Morgan fingerprint density at radius 1 is 1.32 bits per heavy atom. The predicted octanol–water partition coefficient (Wildman–Crippen LogP) is 2.99. The first-order chi connectivity index (χ1) is 8.70. The molecule has 1 rings (SSSR count). The smallest absolute Gasteiger partial charge is 0.416 e. The zero-order valence-corrected chi connectivity index (χ0v) is 10.9. The molecule has 0 atom stereocenters. The Labute approximate surface area is 114 Å². The maximum Gasteiger partial charge on any atom is 0.416 e. The summed E-state index contributed by atoms with van der Waals surface area (Å²) in [6, 6.07) is 2.87. The summed E-state index contributed by atoms with van der Waals surface area (Å²) in [6.07, 6.45) is -5.25. The highest BCUT2D eigenvalue weighted by molar-refractivity contribution is 9.10.